The lowest BCUT2D eigenvalue weighted by Crippen LogP contribution is -3.15. The summed E-state index contributed by atoms with van der Waals surface area (Å²) in [5, 5.41) is 3.76. The van der Waals surface area contributed by atoms with E-state index in [2.05, 4.69) is 32.2 Å². The molecule has 0 unspecified atom stereocenters. The van der Waals surface area contributed by atoms with Crippen molar-refractivity contribution in [2.75, 3.05) is 42.9 Å². The SMILES string of the molecule is Cc1cc(NC(=O)C[NH+]2CCN(c3cccc(Cl)c3)CC2)ccc1Br. The van der Waals surface area contributed by atoms with E-state index in [-0.39, 0.29) is 5.91 Å². The van der Waals surface area contributed by atoms with Gasteiger partial charge in [0, 0.05) is 20.9 Å². The molecule has 0 aromatic heterocycles. The molecule has 1 aliphatic heterocycles. The smallest absolute Gasteiger partial charge is 0.279 e. The number of hydrogen-bond donors (Lipinski definition) is 2. The normalized spacial score (nSPS) is 15.2. The Hall–Kier alpha value is -1.56. The number of aryl methyl sites for hydroxylation is 1. The van der Waals surface area contributed by atoms with Crippen molar-refractivity contribution in [3.8, 4) is 0 Å². The molecular formula is C19H22BrClN3O+. The van der Waals surface area contributed by atoms with Gasteiger partial charge in [0.05, 0.1) is 26.2 Å². The van der Waals surface area contributed by atoms with E-state index < -0.39 is 0 Å². The average Bonchev–Trinajstić information content (AvgIpc) is 2.59. The highest BCUT2D eigenvalue weighted by atomic mass is 79.9. The molecule has 2 aromatic carbocycles. The van der Waals surface area contributed by atoms with Crippen molar-refractivity contribution in [2.45, 2.75) is 6.92 Å². The van der Waals surface area contributed by atoms with E-state index >= 15 is 0 Å². The third kappa shape index (κ3) is 4.97. The largest absolute Gasteiger partial charge is 0.360 e. The van der Waals surface area contributed by atoms with Crippen LogP contribution in [0.2, 0.25) is 5.02 Å². The minimum Gasteiger partial charge on any atom is -0.360 e. The van der Waals surface area contributed by atoms with Gasteiger partial charge in [0.25, 0.3) is 5.91 Å². The minimum atomic E-state index is 0.0629. The first kappa shape index (κ1) is 18.2. The van der Waals surface area contributed by atoms with Crippen LogP contribution in [0.25, 0.3) is 0 Å². The van der Waals surface area contributed by atoms with Crippen molar-refractivity contribution in [2.24, 2.45) is 0 Å². The lowest BCUT2D eigenvalue weighted by Gasteiger charge is -2.33. The summed E-state index contributed by atoms with van der Waals surface area (Å²) < 4.78 is 1.05. The number of nitrogens with zero attached hydrogens (tertiary/aromatic N) is 1. The summed E-state index contributed by atoms with van der Waals surface area (Å²) in [5.74, 6) is 0.0629. The van der Waals surface area contributed by atoms with Crippen LogP contribution in [0.3, 0.4) is 0 Å². The van der Waals surface area contributed by atoms with Crippen LogP contribution in [0.15, 0.2) is 46.9 Å². The topological polar surface area (TPSA) is 36.8 Å². The van der Waals surface area contributed by atoms with E-state index in [1.807, 2.05) is 43.3 Å². The number of halogens is 2. The number of piperazine rings is 1. The molecule has 25 heavy (non-hydrogen) atoms. The maximum Gasteiger partial charge on any atom is 0.279 e. The Morgan fingerprint density at radius 1 is 1.24 bits per heavy atom. The van der Waals surface area contributed by atoms with Crippen molar-refractivity contribution in [3.05, 3.63) is 57.5 Å². The first-order valence-electron chi connectivity index (χ1n) is 8.41. The van der Waals surface area contributed by atoms with Crippen LogP contribution in [-0.4, -0.2) is 38.6 Å². The minimum absolute atomic E-state index is 0.0629. The van der Waals surface area contributed by atoms with Gasteiger partial charge in [-0.15, -0.1) is 0 Å². The summed E-state index contributed by atoms with van der Waals surface area (Å²) in [6.07, 6.45) is 0. The number of carbonyl (C=O) groups excluding carboxylic acids is 1. The molecule has 0 atom stereocenters. The molecule has 0 radical (unpaired) electrons. The van der Waals surface area contributed by atoms with E-state index in [0.717, 1.165) is 52.6 Å². The molecule has 1 amide bonds. The number of rotatable bonds is 4. The molecule has 4 nitrogen and oxygen atoms in total. The third-order valence-corrected chi connectivity index (χ3v) is 5.62. The summed E-state index contributed by atoms with van der Waals surface area (Å²) in [6.45, 7) is 6.26. The van der Waals surface area contributed by atoms with Gasteiger partial charge in [-0.05, 0) is 48.9 Å². The van der Waals surface area contributed by atoms with Gasteiger partial charge in [-0.2, -0.15) is 0 Å². The van der Waals surface area contributed by atoms with E-state index in [1.165, 1.54) is 4.90 Å². The molecule has 6 heteroatoms. The summed E-state index contributed by atoms with van der Waals surface area (Å²) in [6, 6.07) is 13.8. The van der Waals surface area contributed by atoms with Crippen LogP contribution in [-0.2, 0) is 4.79 Å². The van der Waals surface area contributed by atoms with Crippen LogP contribution >= 0.6 is 27.5 Å². The molecule has 1 saturated heterocycles. The second kappa shape index (κ2) is 8.21. The van der Waals surface area contributed by atoms with E-state index in [4.69, 9.17) is 11.6 Å². The van der Waals surface area contributed by atoms with Crippen LogP contribution in [0.5, 0.6) is 0 Å². The van der Waals surface area contributed by atoms with Gasteiger partial charge >= 0.3 is 0 Å². The number of quaternary nitrogens is 1. The summed E-state index contributed by atoms with van der Waals surface area (Å²) >= 11 is 9.55. The van der Waals surface area contributed by atoms with E-state index in [0.29, 0.717) is 6.54 Å². The molecule has 1 fully saturated rings. The highest BCUT2D eigenvalue weighted by molar-refractivity contribution is 9.10. The fourth-order valence-corrected chi connectivity index (χ4v) is 3.52. The Morgan fingerprint density at radius 2 is 2.00 bits per heavy atom. The van der Waals surface area contributed by atoms with Crippen LogP contribution in [0, 0.1) is 6.92 Å². The Labute approximate surface area is 161 Å². The highest BCUT2D eigenvalue weighted by Crippen LogP contribution is 2.20. The van der Waals surface area contributed by atoms with Crippen molar-refractivity contribution in [1.82, 2.24) is 0 Å². The number of nitrogens with one attached hydrogen (secondary N) is 2. The molecule has 0 saturated carbocycles. The molecule has 1 aliphatic rings. The van der Waals surface area contributed by atoms with Gasteiger partial charge in [0.1, 0.15) is 0 Å². The predicted octanol–water partition coefficient (Wildman–Crippen LogP) is 2.75. The van der Waals surface area contributed by atoms with Crippen LogP contribution in [0.1, 0.15) is 5.56 Å². The zero-order valence-electron chi connectivity index (χ0n) is 14.2. The van der Waals surface area contributed by atoms with Gasteiger partial charge < -0.3 is 15.1 Å². The second-order valence-electron chi connectivity index (χ2n) is 6.41. The summed E-state index contributed by atoms with van der Waals surface area (Å²) in [4.78, 5) is 15.9. The maximum absolute atomic E-state index is 12.3. The predicted molar refractivity (Wildman–Crippen MR) is 107 cm³/mol. The van der Waals surface area contributed by atoms with Gasteiger partial charge in [-0.1, -0.05) is 33.6 Å². The lowest BCUT2D eigenvalue weighted by atomic mass is 10.2. The standard InChI is InChI=1S/C19H21BrClN3O/c1-14-11-16(5-6-18(14)20)22-19(25)13-23-7-9-24(10-8-23)17-4-2-3-15(21)12-17/h2-6,11-12H,7-10,13H2,1H3,(H,22,25)/p+1. The quantitative estimate of drug-likeness (QED) is 0.793. The zero-order chi connectivity index (χ0) is 17.8. The monoisotopic (exact) mass is 422 g/mol. The number of carbonyl (C=O) groups is 1. The molecule has 2 N–H and O–H groups in total. The number of amides is 1. The molecule has 0 aliphatic carbocycles. The molecule has 1 heterocycles. The van der Waals surface area contributed by atoms with E-state index in [9.17, 15) is 4.79 Å². The molecule has 3 rings (SSSR count). The van der Waals surface area contributed by atoms with Crippen molar-refractivity contribution >= 4 is 44.8 Å². The fourth-order valence-electron chi connectivity index (χ4n) is 3.09. The first-order valence-corrected chi connectivity index (χ1v) is 9.58. The zero-order valence-corrected chi connectivity index (χ0v) is 16.5. The van der Waals surface area contributed by atoms with Gasteiger partial charge in [-0.3, -0.25) is 4.79 Å². The molecule has 0 bridgehead atoms. The summed E-state index contributed by atoms with van der Waals surface area (Å²) in [5.41, 5.74) is 3.12. The first-order chi connectivity index (χ1) is 12.0. The molecule has 0 spiro atoms. The van der Waals surface area contributed by atoms with Crippen molar-refractivity contribution in [1.29, 1.82) is 0 Å². The Kier molecular flexibility index (Phi) is 5.99. The Bertz CT molecular complexity index is 760. The second-order valence-corrected chi connectivity index (χ2v) is 7.70. The molecule has 132 valence electrons. The van der Waals surface area contributed by atoms with Crippen molar-refractivity contribution < 1.29 is 9.69 Å². The Morgan fingerprint density at radius 3 is 2.68 bits per heavy atom. The molecule has 2 aromatic rings. The molecular weight excluding hydrogens is 402 g/mol. The Balaban J connectivity index is 1.50. The summed E-state index contributed by atoms with van der Waals surface area (Å²) in [7, 11) is 0. The maximum atomic E-state index is 12.3. The fraction of sp³-hybridized carbons (Fsp3) is 0.316. The van der Waals surface area contributed by atoms with E-state index in [1.54, 1.807) is 0 Å². The van der Waals surface area contributed by atoms with Crippen LogP contribution in [0.4, 0.5) is 11.4 Å². The van der Waals surface area contributed by atoms with Crippen molar-refractivity contribution in [3.63, 3.8) is 0 Å². The van der Waals surface area contributed by atoms with Gasteiger partial charge in [0.2, 0.25) is 0 Å². The lowest BCUT2D eigenvalue weighted by molar-refractivity contribution is -0.892. The highest BCUT2D eigenvalue weighted by Gasteiger charge is 2.22. The average molecular weight is 424 g/mol. The van der Waals surface area contributed by atoms with Gasteiger partial charge in [-0.25, -0.2) is 0 Å². The third-order valence-electron chi connectivity index (χ3n) is 4.50. The number of hydrogen-bond acceptors (Lipinski definition) is 2. The number of anilines is 2. The van der Waals surface area contributed by atoms with Crippen LogP contribution < -0.4 is 15.1 Å². The number of benzene rings is 2. The van der Waals surface area contributed by atoms with Gasteiger partial charge in [0.15, 0.2) is 6.54 Å².